The predicted octanol–water partition coefficient (Wildman–Crippen LogP) is 4.45. The van der Waals surface area contributed by atoms with E-state index in [0.717, 1.165) is 17.7 Å². The predicted molar refractivity (Wildman–Crippen MR) is 102 cm³/mol. The number of nitrogens with one attached hydrogen (secondary N) is 1. The number of benzene rings is 2. The van der Waals surface area contributed by atoms with E-state index in [1.165, 1.54) is 5.56 Å². The molecule has 0 unspecified atom stereocenters. The number of hydrogen-bond donors (Lipinski definition) is 2. The van der Waals surface area contributed by atoms with E-state index in [1.54, 1.807) is 0 Å². The second kappa shape index (κ2) is 8.89. The van der Waals surface area contributed by atoms with Gasteiger partial charge in [-0.25, -0.2) is 4.99 Å². The molecule has 0 spiro atoms. The third-order valence-electron chi connectivity index (χ3n) is 2.99. The van der Waals surface area contributed by atoms with Crippen LogP contribution in [-0.4, -0.2) is 5.96 Å². The summed E-state index contributed by atoms with van der Waals surface area (Å²) in [6.07, 6.45) is 0.992. The number of aryl methyl sites for hydroxylation is 1. The molecule has 0 atom stereocenters. The van der Waals surface area contributed by atoms with Gasteiger partial charge in [-0.3, -0.25) is 0 Å². The Kier molecular flexibility index (Phi) is 7.53. The fourth-order valence-corrected chi connectivity index (χ4v) is 2.05. The minimum Gasteiger partial charge on any atom is -0.370 e. The Hall–Kier alpha value is -1.27. The molecule has 2 aromatic rings. The molecule has 0 fully saturated rings. The lowest BCUT2D eigenvalue weighted by Crippen LogP contribution is -2.22. The maximum absolute atomic E-state index is 6.08. The van der Waals surface area contributed by atoms with Gasteiger partial charge >= 0.3 is 0 Å². The van der Waals surface area contributed by atoms with Crippen LogP contribution in [-0.2, 0) is 13.0 Å². The molecular formula is C16H19ClIN3. The van der Waals surface area contributed by atoms with E-state index in [2.05, 4.69) is 29.4 Å². The quantitative estimate of drug-likeness (QED) is 0.440. The molecular weight excluding hydrogens is 397 g/mol. The smallest absolute Gasteiger partial charge is 0.193 e. The zero-order chi connectivity index (χ0) is 14.4. The van der Waals surface area contributed by atoms with Crippen LogP contribution in [0.25, 0.3) is 0 Å². The van der Waals surface area contributed by atoms with Gasteiger partial charge in [0.05, 0.1) is 6.54 Å². The maximum atomic E-state index is 6.08. The van der Waals surface area contributed by atoms with Gasteiger partial charge in [0.15, 0.2) is 5.96 Å². The van der Waals surface area contributed by atoms with Crippen LogP contribution in [0, 0.1) is 0 Å². The molecule has 0 bridgehead atoms. The highest BCUT2D eigenvalue weighted by atomic mass is 127. The van der Waals surface area contributed by atoms with E-state index in [1.807, 2.05) is 36.4 Å². The van der Waals surface area contributed by atoms with Gasteiger partial charge in [0, 0.05) is 10.7 Å². The highest BCUT2D eigenvalue weighted by Crippen LogP contribution is 2.16. The van der Waals surface area contributed by atoms with Crippen molar-refractivity contribution in [1.29, 1.82) is 0 Å². The molecule has 0 aliphatic heterocycles. The molecule has 2 rings (SSSR count). The average Bonchev–Trinajstić information content (AvgIpc) is 2.46. The van der Waals surface area contributed by atoms with Gasteiger partial charge in [0.1, 0.15) is 0 Å². The Labute approximate surface area is 147 Å². The minimum atomic E-state index is 0. The van der Waals surface area contributed by atoms with Gasteiger partial charge in [0.25, 0.3) is 0 Å². The molecule has 2 aromatic carbocycles. The molecule has 0 heterocycles. The second-order valence-electron chi connectivity index (χ2n) is 4.47. The third-order valence-corrected chi connectivity index (χ3v) is 3.35. The average molecular weight is 416 g/mol. The zero-order valence-corrected chi connectivity index (χ0v) is 14.9. The largest absolute Gasteiger partial charge is 0.370 e. The molecule has 112 valence electrons. The van der Waals surface area contributed by atoms with Crippen molar-refractivity contribution in [2.24, 2.45) is 10.7 Å². The maximum Gasteiger partial charge on any atom is 0.193 e. The molecule has 3 N–H and O–H groups in total. The molecule has 0 saturated carbocycles. The van der Waals surface area contributed by atoms with E-state index >= 15 is 0 Å². The first kappa shape index (κ1) is 17.8. The van der Waals surface area contributed by atoms with Crippen LogP contribution in [0.15, 0.2) is 53.5 Å². The Bertz CT molecular complexity index is 614. The lowest BCUT2D eigenvalue weighted by molar-refractivity contribution is 1.06. The Balaban J connectivity index is 0.00000220. The second-order valence-corrected chi connectivity index (χ2v) is 4.88. The topological polar surface area (TPSA) is 50.4 Å². The fourth-order valence-electron chi connectivity index (χ4n) is 1.85. The van der Waals surface area contributed by atoms with Crippen LogP contribution in [0.5, 0.6) is 0 Å². The lowest BCUT2D eigenvalue weighted by Gasteiger charge is -2.07. The Morgan fingerprint density at radius 1 is 1.19 bits per heavy atom. The fraction of sp³-hybridized carbons (Fsp3) is 0.188. The Morgan fingerprint density at radius 3 is 2.67 bits per heavy atom. The number of halogens is 2. The van der Waals surface area contributed by atoms with Crippen LogP contribution in [0.2, 0.25) is 5.02 Å². The monoisotopic (exact) mass is 415 g/mol. The van der Waals surface area contributed by atoms with Crippen LogP contribution in [0.1, 0.15) is 18.1 Å². The summed E-state index contributed by atoms with van der Waals surface area (Å²) in [5.74, 6) is 0.387. The summed E-state index contributed by atoms with van der Waals surface area (Å²) in [6, 6.07) is 15.7. The first-order valence-corrected chi connectivity index (χ1v) is 6.96. The van der Waals surface area contributed by atoms with Crippen LogP contribution >= 0.6 is 35.6 Å². The van der Waals surface area contributed by atoms with Crippen molar-refractivity contribution < 1.29 is 0 Å². The van der Waals surface area contributed by atoms with Crippen LogP contribution in [0.4, 0.5) is 5.69 Å². The summed E-state index contributed by atoms with van der Waals surface area (Å²) in [5.41, 5.74) is 9.06. The SMILES string of the molecule is CCc1cccc(NC(N)=NCc2ccccc2Cl)c1.I. The Morgan fingerprint density at radius 2 is 1.95 bits per heavy atom. The zero-order valence-electron chi connectivity index (χ0n) is 11.8. The van der Waals surface area contributed by atoms with Crippen molar-refractivity contribution in [2.75, 3.05) is 5.32 Å². The van der Waals surface area contributed by atoms with Crippen molar-refractivity contribution >= 4 is 47.2 Å². The van der Waals surface area contributed by atoms with Gasteiger partial charge in [-0.1, -0.05) is 48.9 Å². The van der Waals surface area contributed by atoms with E-state index in [0.29, 0.717) is 17.5 Å². The normalized spacial score (nSPS) is 10.9. The lowest BCUT2D eigenvalue weighted by atomic mass is 10.1. The summed E-state index contributed by atoms with van der Waals surface area (Å²) in [4.78, 5) is 4.30. The standard InChI is InChI=1S/C16H18ClN3.HI/c1-2-12-6-5-8-14(10-12)20-16(18)19-11-13-7-3-4-9-15(13)17;/h3-10H,2,11H2,1H3,(H3,18,19,20);1H. The molecule has 0 radical (unpaired) electrons. The summed E-state index contributed by atoms with van der Waals surface area (Å²) >= 11 is 6.08. The molecule has 0 saturated heterocycles. The van der Waals surface area contributed by atoms with Crippen LogP contribution < -0.4 is 11.1 Å². The molecule has 0 aromatic heterocycles. The molecule has 3 nitrogen and oxygen atoms in total. The van der Waals surface area contributed by atoms with Gasteiger partial charge < -0.3 is 11.1 Å². The summed E-state index contributed by atoms with van der Waals surface area (Å²) in [7, 11) is 0. The number of nitrogens with two attached hydrogens (primary N) is 1. The van der Waals surface area contributed by atoms with E-state index in [-0.39, 0.29) is 24.0 Å². The van der Waals surface area contributed by atoms with Gasteiger partial charge in [-0.2, -0.15) is 0 Å². The van der Waals surface area contributed by atoms with E-state index in [4.69, 9.17) is 17.3 Å². The molecule has 0 aliphatic carbocycles. The molecule has 0 aliphatic rings. The van der Waals surface area contributed by atoms with Crippen molar-refractivity contribution in [3.63, 3.8) is 0 Å². The molecule has 0 amide bonds. The highest BCUT2D eigenvalue weighted by molar-refractivity contribution is 14.0. The highest BCUT2D eigenvalue weighted by Gasteiger charge is 1.99. The third kappa shape index (κ3) is 5.55. The van der Waals surface area contributed by atoms with Crippen molar-refractivity contribution in [2.45, 2.75) is 19.9 Å². The minimum absolute atomic E-state index is 0. The first-order chi connectivity index (χ1) is 9.69. The van der Waals surface area contributed by atoms with Gasteiger partial charge in [-0.05, 0) is 35.7 Å². The molecule has 5 heteroatoms. The number of aliphatic imine (C=N–C) groups is 1. The van der Waals surface area contributed by atoms with Crippen molar-refractivity contribution in [3.05, 3.63) is 64.7 Å². The summed E-state index contributed by atoms with van der Waals surface area (Å²) in [6.45, 7) is 2.58. The number of guanidine groups is 1. The van der Waals surface area contributed by atoms with Crippen LogP contribution in [0.3, 0.4) is 0 Å². The molecule has 21 heavy (non-hydrogen) atoms. The van der Waals surface area contributed by atoms with Crippen molar-refractivity contribution in [1.82, 2.24) is 0 Å². The van der Waals surface area contributed by atoms with E-state index < -0.39 is 0 Å². The number of rotatable bonds is 4. The van der Waals surface area contributed by atoms with Gasteiger partial charge in [-0.15, -0.1) is 24.0 Å². The summed E-state index contributed by atoms with van der Waals surface area (Å²) < 4.78 is 0. The van der Waals surface area contributed by atoms with Crippen molar-refractivity contribution in [3.8, 4) is 0 Å². The van der Waals surface area contributed by atoms with Gasteiger partial charge in [0.2, 0.25) is 0 Å². The van der Waals surface area contributed by atoms with E-state index in [9.17, 15) is 0 Å². The first-order valence-electron chi connectivity index (χ1n) is 6.58. The number of anilines is 1. The number of nitrogens with zero attached hydrogens (tertiary/aromatic N) is 1. The summed E-state index contributed by atoms with van der Waals surface area (Å²) in [5, 5.41) is 3.80. The number of hydrogen-bond acceptors (Lipinski definition) is 1.